The molecule has 118 valence electrons. The van der Waals surface area contributed by atoms with Crippen molar-refractivity contribution < 1.29 is 0 Å². The van der Waals surface area contributed by atoms with Crippen molar-refractivity contribution in [1.82, 2.24) is 9.55 Å². The summed E-state index contributed by atoms with van der Waals surface area (Å²) in [7, 11) is 0. The van der Waals surface area contributed by atoms with Gasteiger partial charge in [-0.15, -0.1) is 0 Å². The lowest BCUT2D eigenvalue weighted by atomic mass is 9.68. The molecule has 1 heterocycles. The van der Waals surface area contributed by atoms with Gasteiger partial charge < -0.3 is 9.88 Å². The smallest absolute Gasteiger partial charge is 0.203 e. The minimum atomic E-state index is 0.377. The molecule has 3 rings (SSSR count). The van der Waals surface area contributed by atoms with Crippen LogP contribution in [0.15, 0.2) is 6.20 Å². The van der Waals surface area contributed by atoms with Crippen molar-refractivity contribution in [2.45, 2.75) is 79.3 Å². The highest BCUT2D eigenvalue weighted by molar-refractivity contribution is 5.34. The molecular weight excluding hydrogens is 258 g/mol. The summed E-state index contributed by atoms with van der Waals surface area (Å²) in [5.74, 6) is 1.97. The first-order valence-corrected chi connectivity index (χ1v) is 8.67. The Morgan fingerprint density at radius 3 is 2.76 bits per heavy atom. The molecule has 3 nitrogen and oxygen atoms in total. The number of nitrogens with one attached hydrogen (secondary N) is 1. The Balaban J connectivity index is 1.83. The Morgan fingerprint density at radius 1 is 1.38 bits per heavy atom. The molecule has 0 amide bonds. The first kappa shape index (κ1) is 14.9. The van der Waals surface area contributed by atoms with Crippen molar-refractivity contribution in [2.75, 3.05) is 5.32 Å². The molecule has 2 saturated carbocycles. The van der Waals surface area contributed by atoms with Gasteiger partial charge >= 0.3 is 0 Å². The molecule has 3 heteroatoms. The first-order chi connectivity index (χ1) is 9.87. The standard InChI is InChI=1S/C18H31N3/c1-6-7-10-21-12-13(2)19-16(21)20-15-17(3,4)14-8-9-18(15,5)11-14/h12,14-15H,6-11H2,1-5H3,(H,19,20). The predicted molar refractivity (Wildman–Crippen MR) is 88.5 cm³/mol. The summed E-state index contributed by atoms with van der Waals surface area (Å²) in [5.41, 5.74) is 1.95. The van der Waals surface area contributed by atoms with E-state index in [2.05, 4.69) is 50.7 Å². The van der Waals surface area contributed by atoms with Crippen LogP contribution in [0.5, 0.6) is 0 Å². The number of unbranched alkanes of at least 4 members (excludes halogenated alkanes) is 1. The number of aryl methyl sites for hydroxylation is 2. The van der Waals surface area contributed by atoms with Crippen molar-refractivity contribution in [2.24, 2.45) is 16.7 Å². The fraction of sp³-hybridized carbons (Fsp3) is 0.833. The van der Waals surface area contributed by atoms with Crippen LogP contribution in [0.25, 0.3) is 0 Å². The molecule has 21 heavy (non-hydrogen) atoms. The summed E-state index contributed by atoms with van der Waals surface area (Å²) in [4.78, 5) is 4.76. The highest BCUT2D eigenvalue weighted by atomic mass is 15.2. The largest absolute Gasteiger partial charge is 0.352 e. The summed E-state index contributed by atoms with van der Waals surface area (Å²) < 4.78 is 2.32. The maximum atomic E-state index is 4.76. The van der Waals surface area contributed by atoms with E-state index < -0.39 is 0 Å². The van der Waals surface area contributed by atoms with Crippen LogP contribution in [0.2, 0.25) is 0 Å². The van der Waals surface area contributed by atoms with E-state index in [-0.39, 0.29) is 0 Å². The van der Waals surface area contributed by atoms with Gasteiger partial charge in [0.05, 0.1) is 5.69 Å². The molecule has 2 bridgehead atoms. The van der Waals surface area contributed by atoms with Crippen LogP contribution in [0.4, 0.5) is 5.95 Å². The van der Waals surface area contributed by atoms with Crippen LogP contribution in [0.3, 0.4) is 0 Å². The van der Waals surface area contributed by atoms with E-state index in [0.29, 0.717) is 16.9 Å². The molecule has 1 N–H and O–H groups in total. The third-order valence-corrected chi connectivity index (χ3v) is 6.19. The number of nitrogens with zero attached hydrogens (tertiary/aromatic N) is 2. The van der Waals surface area contributed by atoms with Gasteiger partial charge in [0.2, 0.25) is 5.95 Å². The quantitative estimate of drug-likeness (QED) is 0.857. The Hall–Kier alpha value is -0.990. The second-order valence-corrected chi connectivity index (χ2v) is 8.25. The maximum absolute atomic E-state index is 4.76. The normalized spacial score (nSPS) is 33.6. The highest BCUT2D eigenvalue weighted by Gasteiger charge is 2.59. The van der Waals surface area contributed by atoms with E-state index in [0.717, 1.165) is 24.1 Å². The van der Waals surface area contributed by atoms with Gasteiger partial charge in [0.1, 0.15) is 0 Å². The van der Waals surface area contributed by atoms with Gasteiger partial charge in [-0.05, 0) is 49.4 Å². The van der Waals surface area contributed by atoms with Gasteiger partial charge in [-0.2, -0.15) is 0 Å². The number of anilines is 1. The number of rotatable bonds is 5. The third-order valence-electron chi connectivity index (χ3n) is 6.19. The van der Waals surface area contributed by atoms with Crippen LogP contribution in [0.1, 0.15) is 65.5 Å². The van der Waals surface area contributed by atoms with Crippen LogP contribution >= 0.6 is 0 Å². The summed E-state index contributed by atoms with van der Waals surface area (Å²) in [6.07, 6.45) is 8.80. The van der Waals surface area contributed by atoms with Crippen molar-refractivity contribution in [3.8, 4) is 0 Å². The lowest BCUT2D eigenvalue weighted by Crippen LogP contribution is -2.46. The van der Waals surface area contributed by atoms with E-state index >= 15 is 0 Å². The molecule has 0 radical (unpaired) electrons. The Morgan fingerprint density at radius 2 is 2.14 bits per heavy atom. The molecule has 2 aliphatic rings. The zero-order valence-corrected chi connectivity index (χ0v) is 14.4. The van der Waals surface area contributed by atoms with Crippen LogP contribution in [-0.2, 0) is 6.54 Å². The van der Waals surface area contributed by atoms with Gasteiger partial charge in [-0.1, -0.05) is 34.1 Å². The molecule has 2 aliphatic carbocycles. The highest BCUT2D eigenvalue weighted by Crippen LogP contribution is 2.63. The Kier molecular flexibility index (Phi) is 3.58. The van der Waals surface area contributed by atoms with Crippen LogP contribution < -0.4 is 5.32 Å². The molecular formula is C18H31N3. The van der Waals surface area contributed by atoms with Gasteiger partial charge in [0.25, 0.3) is 0 Å². The van der Waals surface area contributed by atoms with E-state index in [1.54, 1.807) is 0 Å². The maximum Gasteiger partial charge on any atom is 0.203 e. The van der Waals surface area contributed by atoms with Crippen LogP contribution in [0, 0.1) is 23.7 Å². The molecule has 3 unspecified atom stereocenters. The summed E-state index contributed by atoms with van der Waals surface area (Å²) >= 11 is 0. The van der Waals surface area contributed by atoms with Gasteiger partial charge in [-0.25, -0.2) is 4.98 Å². The number of hydrogen-bond donors (Lipinski definition) is 1. The van der Waals surface area contributed by atoms with Crippen molar-refractivity contribution >= 4 is 5.95 Å². The average Bonchev–Trinajstić information content (AvgIpc) is 3.01. The monoisotopic (exact) mass is 289 g/mol. The molecule has 1 aromatic rings. The topological polar surface area (TPSA) is 29.9 Å². The molecule has 2 fully saturated rings. The number of aromatic nitrogens is 2. The minimum absolute atomic E-state index is 0.377. The SMILES string of the molecule is CCCCn1cc(C)nc1NC1C2(C)CCC(C2)C1(C)C. The van der Waals surface area contributed by atoms with Crippen molar-refractivity contribution in [1.29, 1.82) is 0 Å². The second-order valence-electron chi connectivity index (χ2n) is 8.25. The first-order valence-electron chi connectivity index (χ1n) is 8.67. The molecule has 0 aliphatic heterocycles. The van der Waals surface area contributed by atoms with E-state index in [9.17, 15) is 0 Å². The molecule has 3 atom stereocenters. The summed E-state index contributed by atoms with van der Waals surface area (Å²) in [5, 5.41) is 3.85. The molecule has 1 aromatic heterocycles. The lowest BCUT2D eigenvalue weighted by molar-refractivity contribution is 0.154. The molecule has 0 aromatic carbocycles. The Bertz CT molecular complexity index is 512. The predicted octanol–water partition coefficient (Wildman–Crippen LogP) is 4.62. The number of hydrogen-bond acceptors (Lipinski definition) is 2. The van der Waals surface area contributed by atoms with Crippen molar-refractivity contribution in [3.05, 3.63) is 11.9 Å². The lowest BCUT2D eigenvalue weighted by Gasteiger charge is -2.43. The minimum Gasteiger partial charge on any atom is -0.352 e. The van der Waals surface area contributed by atoms with Crippen molar-refractivity contribution in [3.63, 3.8) is 0 Å². The van der Waals surface area contributed by atoms with Gasteiger partial charge in [0.15, 0.2) is 0 Å². The molecule has 0 saturated heterocycles. The zero-order chi connectivity index (χ0) is 15.3. The van der Waals surface area contributed by atoms with Gasteiger partial charge in [-0.3, -0.25) is 0 Å². The second kappa shape index (κ2) is 5.03. The third kappa shape index (κ3) is 2.39. The van der Waals surface area contributed by atoms with Crippen LogP contribution in [-0.4, -0.2) is 15.6 Å². The number of imidazole rings is 1. The van der Waals surface area contributed by atoms with E-state index in [1.165, 1.54) is 32.1 Å². The summed E-state index contributed by atoms with van der Waals surface area (Å²) in [6, 6.07) is 0.547. The molecule has 0 spiro atoms. The van der Waals surface area contributed by atoms with Gasteiger partial charge in [0, 0.05) is 18.8 Å². The summed E-state index contributed by atoms with van der Waals surface area (Å²) in [6.45, 7) is 12.8. The number of fused-ring (bicyclic) bond motifs is 2. The zero-order valence-electron chi connectivity index (χ0n) is 14.4. The fourth-order valence-electron chi connectivity index (χ4n) is 4.95. The van der Waals surface area contributed by atoms with E-state index in [1.807, 2.05) is 0 Å². The average molecular weight is 289 g/mol. The fourth-order valence-corrected chi connectivity index (χ4v) is 4.95. The Labute approximate surface area is 129 Å². The van der Waals surface area contributed by atoms with E-state index in [4.69, 9.17) is 4.98 Å².